The number of benzene rings is 2. The smallest absolute Gasteiger partial charge is 0.226 e. The molecule has 1 atom stereocenters. The minimum atomic E-state index is -0.130. The predicted octanol–water partition coefficient (Wildman–Crippen LogP) is 4.51. The van der Waals surface area contributed by atoms with Crippen molar-refractivity contribution >= 4 is 11.6 Å². The molecule has 0 aliphatic rings. The number of rotatable bonds is 8. The molecule has 1 heterocycles. The van der Waals surface area contributed by atoms with E-state index in [9.17, 15) is 4.79 Å². The molecule has 0 saturated heterocycles. The number of hydrogen-bond donors (Lipinski definition) is 1. The van der Waals surface area contributed by atoms with Gasteiger partial charge in [-0.2, -0.15) is 0 Å². The lowest BCUT2D eigenvalue weighted by Crippen LogP contribution is -2.20. The monoisotopic (exact) mass is 364 g/mol. The maximum absolute atomic E-state index is 12.8. The van der Waals surface area contributed by atoms with Crippen LogP contribution in [0.15, 0.2) is 73.1 Å². The molecule has 5 heteroatoms. The van der Waals surface area contributed by atoms with E-state index in [1.807, 2.05) is 84.5 Å². The number of ether oxygens (including phenoxy) is 2. The van der Waals surface area contributed by atoms with Crippen molar-refractivity contribution in [2.75, 3.05) is 19.0 Å². The van der Waals surface area contributed by atoms with Gasteiger partial charge in [0.05, 0.1) is 31.9 Å². The lowest BCUT2D eigenvalue weighted by molar-refractivity contribution is -0.116. The summed E-state index contributed by atoms with van der Waals surface area (Å²) in [6.45, 7) is 2.46. The molecule has 3 rings (SSSR count). The van der Waals surface area contributed by atoms with E-state index in [2.05, 4.69) is 5.32 Å². The van der Waals surface area contributed by atoms with E-state index in [1.54, 1.807) is 7.11 Å². The molecule has 5 nitrogen and oxygen atoms in total. The Hall–Kier alpha value is -3.21. The van der Waals surface area contributed by atoms with Crippen LogP contribution in [0.3, 0.4) is 0 Å². The average Bonchev–Trinajstić information content (AvgIpc) is 3.22. The van der Waals surface area contributed by atoms with Gasteiger partial charge < -0.3 is 19.4 Å². The lowest BCUT2D eigenvalue weighted by Gasteiger charge is -2.20. The molecule has 1 aromatic heterocycles. The quantitative estimate of drug-likeness (QED) is 0.640. The summed E-state index contributed by atoms with van der Waals surface area (Å²) in [5.41, 5.74) is 1.69. The Morgan fingerprint density at radius 3 is 2.59 bits per heavy atom. The van der Waals surface area contributed by atoms with Crippen LogP contribution in [0, 0.1) is 0 Å². The van der Waals surface area contributed by atoms with Crippen LogP contribution in [-0.2, 0) is 4.79 Å². The molecule has 3 aromatic rings. The number of amides is 1. The number of nitrogens with one attached hydrogen (secondary N) is 1. The van der Waals surface area contributed by atoms with Gasteiger partial charge in [0, 0.05) is 12.4 Å². The zero-order valence-corrected chi connectivity index (χ0v) is 15.6. The molecule has 1 N–H and O–H groups in total. The Kier molecular flexibility index (Phi) is 6.15. The first-order chi connectivity index (χ1) is 13.2. The Balaban J connectivity index is 1.81. The van der Waals surface area contributed by atoms with Gasteiger partial charge in [-0.1, -0.05) is 24.3 Å². The normalized spacial score (nSPS) is 11.6. The molecular weight excluding hydrogens is 340 g/mol. The molecule has 0 unspecified atom stereocenters. The minimum absolute atomic E-state index is 0.0799. The highest BCUT2D eigenvalue weighted by molar-refractivity contribution is 5.92. The van der Waals surface area contributed by atoms with Crippen molar-refractivity contribution < 1.29 is 14.3 Å². The van der Waals surface area contributed by atoms with E-state index in [0.29, 0.717) is 24.5 Å². The van der Waals surface area contributed by atoms with Gasteiger partial charge in [-0.3, -0.25) is 4.79 Å². The third-order valence-electron chi connectivity index (χ3n) is 4.31. The Bertz CT molecular complexity index is 875. The molecule has 0 radical (unpaired) electrons. The first-order valence-corrected chi connectivity index (χ1v) is 8.99. The fourth-order valence-electron chi connectivity index (χ4n) is 3.03. The molecule has 1 amide bonds. The summed E-state index contributed by atoms with van der Waals surface area (Å²) < 4.78 is 13.0. The van der Waals surface area contributed by atoms with E-state index >= 15 is 0 Å². The second kappa shape index (κ2) is 8.94. The summed E-state index contributed by atoms with van der Waals surface area (Å²) in [4.78, 5) is 12.8. The van der Waals surface area contributed by atoms with Gasteiger partial charge in [0.15, 0.2) is 0 Å². The number of nitrogens with zero attached hydrogens (tertiary/aromatic N) is 1. The summed E-state index contributed by atoms with van der Waals surface area (Å²) in [6, 6.07) is 19.1. The van der Waals surface area contributed by atoms with Gasteiger partial charge in [-0.15, -0.1) is 0 Å². The maximum Gasteiger partial charge on any atom is 0.226 e. The molecule has 27 heavy (non-hydrogen) atoms. The summed E-state index contributed by atoms with van der Waals surface area (Å²) in [5.74, 6) is 1.36. The third kappa shape index (κ3) is 4.70. The van der Waals surface area contributed by atoms with Crippen LogP contribution in [0.4, 0.5) is 5.69 Å². The van der Waals surface area contributed by atoms with Gasteiger partial charge in [0.2, 0.25) is 5.91 Å². The molecule has 2 aromatic carbocycles. The minimum Gasteiger partial charge on any atom is -0.497 e. The molecular formula is C22H24N2O3. The van der Waals surface area contributed by atoms with Crippen molar-refractivity contribution in [1.29, 1.82) is 0 Å². The number of carbonyl (C=O) groups is 1. The zero-order valence-electron chi connectivity index (χ0n) is 15.6. The second-order valence-electron chi connectivity index (χ2n) is 6.10. The molecule has 0 saturated carbocycles. The van der Waals surface area contributed by atoms with Crippen LogP contribution < -0.4 is 14.8 Å². The number of aromatic nitrogens is 1. The number of para-hydroxylation sites is 2. The van der Waals surface area contributed by atoms with Crippen molar-refractivity contribution in [3.8, 4) is 11.5 Å². The Morgan fingerprint density at radius 2 is 1.85 bits per heavy atom. The fraction of sp³-hybridized carbons (Fsp3) is 0.227. The van der Waals surface area contributed by atoms with Gasteiger partial charge in [-0.05, 0) is 48.9 Å². The third-order valence-corrected chi connectivity index (χ3v) is 4.31. The van der Waals surface area contributed by atoms with E-state index in [4.69, 9.17) is 9.47 Å². The van der Waals surface area contributed by atoms with Crippen LogP contribution >= 0.6 is 0 Å². The van der Waals surface area contributed by atoms with Crippen molar-refractivity contribution in [3.05, 3.63) is 78.6 Å². The van der Waals surface area contributed by atoms with Crippen molar-refractivity contribution in [3.63, 3.8) is 0 Å². The highest BCUT2D eigenvalue weighted by Gasteiger charge is 2.19. The Labute approximate surface area is 159 Å². The summed E-state index contributed by atoms with van der Waals surface area (Å²) >= 11 is 0. The van der Waals surface area contributed by atoms with Crippen LogP contribution in [0.2, 0.25) is 0 Å². The van der Waals surface area contributed by atoms with E-state index in [0.717, 1.165) is 11.3 Å². The van der Waals surface area contributed by atoms with Gasteiger partial charge >= 0.3 is 0 Å². The topological polar surface area (TPSA) is 52.5 Å². The molecule has 0 spiro atoms. The lowest BCUT2D eigenvalue weighted by atomic mass is 10.0. The van der Waals surface area contributed by atoms with Crippen LogP contribution in [-0.4, -0.2) is 24.2 Å². The maximum atomic E-state index is 12.8. The van der Waals surface area contributed by atoms with Crippen LogP contribution in [0.1, 0.15) is 24.9 Å². The first-order valence-electron chi connectivity index (χ1n) is 8.99. The summed E-state index contributed by atoms with van der Waals surface area (Å²) in [6.07, 6.45) is 4.22. The first kappa shape index (κ1) is 18.6. The standard InChI is InChI=1S/C22H24N2O3/c1-3-27-21-12-5-4-11-19(21)23-22(25)16-20(24-13-6-7-14-24)17-9-8-10-18(15-17)26-2/h4-15,20H,3,16H2,1-2H3,(H,23,25)/t20-/m0/s1. The largest absolute Gasteiger partial charge is 0.497 e. The molecule has 140 valence electrons. The molecule has 0 aliphatic carbocycles. The number of anilines is 1. The highest BCUT2D eigenvalue weighted by Crippen LogP contribution is 2.28. The Morgan fingerprint density at radius 1 is 1.07 bits per heavy atom. The van der Waals surface area contributed by atoms with Crippen LogP contribution in [0.5, 0.6) is 11.5 Å². The van der Waals surface area contributed by atoms with Crippen LogP contribution in [0.25, 0.3) is 0 Å². The van der Waals surface area contributed by atoms with Crippen molar-refractivity contribution in [1.82, 2.24) is 4.57 Å². The number of methoxy groups -OCH3 is 1. The molecule has 0 bridgehead atoms. The average molecular weight is 364 g/mol. The predicted molar refractivity (Wildman–Crippen MR) is 106 cm³/mol. The second-order valence-corrected chi connectivity index (χ2v) is 6.10. The molecule has 0 fully saturated rings. The van der Waals surface area contributed by atoms with Crippen molar-refractivity contribution in [2.45, 2.75) is 19.4 Å². The number of hydrogen-bond acceptors (Lipinski definition) is 3. The van der Waals surface area contributed by atoms with E-state index in [1.165, 1.54) is 0 Å². The summed E-state index contributed by atoms with van der Waals surface area (Å²) in [7, 11) is 1.64. The highest BCUT2D eigenvalue weighted by atomic mass is 16.5. The number of carbonyl (C=O) groups excluding carboxylic acids is 1. The summed E-state index contributed by atoms with van der Waals surface area (Å²) in [5, 5.41) is 2.98. The van der Waals surface area contributed by atoms with Gasteiger partial charge in [0.25, 0.3) is 0 Å². The SMILES string of the molecule is CCOc1ccccc1NC(=O)C[C@@H](c1cccc(OC)c1)n1cccc1. The van der Waals surface area contributed by atoms with Crippen molar-refractivity contribution in [2.24, 2.45) is 0 Å². The molecule has 0 aliphatic heterocycles. The fourth-order valence-corrected chi connectivity index (χ4v) is 3.03. The zero-order chi connectivity index (χ0) is 19.1. The van der Waals surface area contributed by atoms with Gasteiger partial charge in [0.1, 0.15) is 11.5 Å². The van der Waals surface area contributed by atoms with Gasteiger partial charge in [-0.25, -0.2) is 0 Å². The van der Waals surface area contributed by atoms with E-state index < -0.39 is 0 Å². The van der Waals surface area contributed by atoms with E-state index in [-0.39, 0.29) is 11.9 Å².